The van der Waals surface area contributed by atoms with Crippen molar-refractivity contribution in [2.24, 2.45) is 0 Å². The standard InChI is InChI=1S/C12H6Cl2FN3/c13-8-1-2-10(9(15)5-8)18-12-11(14)7(6-16)3-4-17-12/h1-5H,(H,17,18). The van der Waals surface area contributed by atoms with E-state index in [4.69, 9.17) is 28.5 Å². The number of nitriles is 1. The van der Waals surface area contributed by atoms with Crippen LogP contribution in [0.15, 0.2) is 30.5 Å². The van der Waals surface area contributed by atoms with E-state index in [2.05, 4.69) is 10.3 Å². The highest BCUT2D eigenvalue weighted by molar-refractivity contribution is 6.34. The summed E-state index contributed by atoms with van der Waals surface area (Å²) < 4.78 is 13.6. The Hall–Kier alpha value is -1.83. The zero-order valence-electron chi connectivity index (χ0n) is 8.92. The third kappa shape index (κ3) is 2.53. The lowest BCUT2D eigenvalue weighted by molar-refractivity contribution is 0.632. The van der Waals surface area contributed by atoms with Gasteiger partial charge < -0.3 is 5.32 Å². The molecule has 0 radical (unpaired) electrons. The van der Waals surface area contributed by atoms with Crippen LogP contribution in [0.4, 0.5) is 15.9 Å². The van der Waals surface area contributed by atoms with Gasteiger partial charge in [-0.3, -0.25) is 0 Å². The molecule has 1 heterocycles. The molecule has 90 valence electrons. The van der Waals surface area contributed by atoms with Crippen molar-refractivity contribution in [1.29, 1.82) is 5.26 Å². The van der Waals surface area contributed by atoms with Crippen LogP contribution < -0.4 is 5.32 Å². The predicted octanol–water partition coefficient (Wildman–Crippen LogP) is 4.14. The molecule has 6 heteroatoms. The highest BCUT2D eigenvalue weighted by atomic mass is 35.5. The molecule has 2 aromatic rings. The first-order valence-electron chi connectivity index (χ1n) is 4.88. The molecule has 0 fully saturated rings. The molecule has 2 rings (SSSR count). The predicted molar refractivity (Wildman–Crippen MR) is 68.7 cm³/mol. The van der Waals surface area contributed by atoms with E-state index < -0.39 is 5.82 Å². The first kappa shape index (κ1) is 12.6. The summed E-state index contributed by atoms with van der Waals surface area (Å²) in [6, 6.07) is 7.57. The van der Waals surface area contributed by atoms with Crippen molar-refractivity contribution in [3.8, 4) is 6.07 Å². The SMILES string of the molecule is N#Cc1ccnc(Nc2ccc(Cl)cc2F)c1Cl. The number of hydrogen-bond acceptors (Lipinski definition) is 3. The molecule has 0 aliphatic carbocycles. The number of nitrogens with zero attached hydrogens (tertiary/aromatic N) is 2. The zero-order valence-corrected chi connectivity index (χ0v) is 10.4. The van der Waals surface area contributed by atoms with Crippen LogP contribution in [0.5, 0.6) is 0 Å². The summed E-state index contributed by atoms with van der Waals surface area (Å²) in [5.74, 6) is -0.306. The summed E-state index contributed by atoms with van der Waals surface area (Å²) in [7, 11) is 0. The van der Waals surface area contributed by atoms with Crippen molar-refractivity contribution in [2.75, 3.05) is 5.32 Å². The minimum atomic E-state index is -0.525. The van der Waals surface area contributed by atoms with Crippen molar-refractivity contribution in [3.05, 3.63) is 51.9 Å². The Morgan fingerprint density at radius 3 is 2.72 bits per heavy atom. The van der Waals surface area contributed by atoms with Gasteiger partial charge in [0.15, 0.2) is 5.82 Å². The maximum absolute atomic E-state index is 13.6. The van der Waals surface area contributed by atoms with Crippen LogP contribution in [0.25, 0.3) is 0 Å². The molecule has 0 saturated heterocycles. The molecule has 1 aromatic heterocycles. The molecule has 0 spiro atoms. The molecule has 1 aromatic carbocycles. The molecular weight excluding hydrogens is 276 g/mol. The molecule has 0 amide bonds. The van der Waals surface area contributed by atoms with Gasteiger partial charge >= 0.3 is 0 Å². The monoisotopic (exact) mass is 281 g/mol. The van der Waals surface area contributed by atoms with E-state index in [1.807, 2.05) is 6.07 Å². The van der Waals surface area contributed by atoms with Crippen molar-refractivity contribution in [1.82, 2.24) is 4.98 Å². The summed E-state index contributed by atoms with van der Waals surface area (Å²) in [5.41, 5.74) is 0.451. The Morgan fingerprint density at radius 2 is 2.06 bits per heavy atom. The van der Waals surface area contributed by atoms with Gasteiger partial charge in [-0.15, -0.1) is 0 Å². The third-order valence-electron chi connectivity index (χ3n) is 2.19. The Morgan fingerprint density at radius 1 is 1.28 bits per heavy atom. The Kier molecular flexibility index (Phi) is 3.66. The lowest BCUT2D eigenvalue weighted by atomic mass is 10.2. The van der Waals surface area contributed by atoms with Crippen molar-refractivity contribution in [2.45, 2.75) is 0 Å². The van der Waals surface area contributed by atoms with E-state index in [1.165, 1.54) is 30.5 Å². The van der Waals surface area contributed by atoms with Crippen LogP contribution in [-0.2, 0) is 0 Å². The van der Waals surface area contributed by atoms with E-state index in [0.717, 1.165) is 0 Å². The molecule has 0 bridgehead atoms. The van der Waals surface area contributed by atoms with E-state index >= 15 is 0 Å². The second-order valence-electron chi connectivity index (χ2n) is 3.38. The third-order valence-corrected chi connectivity index (χ3v) is 2.81. The van der Waals surface area contributed by atoms with Crippen LogP contribution in [0.2, 0.25) is 10.0 Å². The molecule has 3 nitrogen and oxygen atoms in total. The molecule has 0 atom stereocenters. The fourth-order valence-corrected chi connectivity index (χ4v) is 1.70. The van der Waals surface area contributed by atoms with E-state index in [-0.39, 0.29) is 22.1 Å². The van der Waals surface area contributed by atoms with E-state index in [0.29, 0.717) is 5.02 Å². The molecule has 0 aliphatic heterocycles. The maximum atomic E-state index is 13.6. The maximum Gasteiger partial charge on any atom is 0.150 e. The number of halogens is 3. The van der Waals surface area contributed by atoms with Gasteiger partial charge in [-0.25, -0.2) is 9.37 Å². The quantitative estimate of drug-likeness (QED) is 0.900. The highest BCUT2D eigenvalue weighted by Gasteiger charge is 2.09. The summed E-state index contributed by atoms with van der Waals surface area (Å²) in [6.07, 6.45) is 1.42. The number of anilines is 2. The minimum absolute atomic E-state index is 0.148. The number of benzene rings is 1. The van der Waals surface area contributed by atoms with Gasteiger partial charge in [0.25, 0.3) is 0 Å². The number of nitrogens with one attached hydrogen (secondary N) is 1. The first-order valence-corrected chi connectivity index (χ1v) is 5.64. The largest absolute Gasteiger partial charge is 0.337 e. The normalized spacial score (nSPS) is 9.89. The first-order chi connectivity index (χ1) is 8.61. The number of hydrogen-bond donors (Lipinski definition) is 1. The average Bonchev–Trinajstić information content (AvgIpc) is 2.35. The number of rotatable bonds is 2. The van der Waals surface area contributed by atoms with Crippen molar-refractivity contribution >= 4 is 34.7 Å². The van der Waals surface area contributed by atoms with Crippen LogP contribution in [0.3, 0.4) is 0 Å². The second-order valence-corrected chi connectivity index (χ2v) is 4.20. The average molecular weight is 282 g/mol. The fraction of sp³-hybridized carbons (Fsp3) is 0. The van der Waals surface area contributed by atoms with Gasteiger partial charge in [0.05, 0.1) is 11.3 Å². The van der Waals surface area contributed by atoms with Gasteiger partial charge in [0.2, 0.25) is 0 Å². The van der Waals surface area contributed by atoms with Crippen molar-refractivity contribution in [3.63, 3.8) is 0 Å². The Bertz CT molecular complexity index is 638. The minimum Gasteiger partial charge on any atom is -0.337 e. The smallest absolute Gasteiger partial charge is 0.150 e. The van der Waals surface area contributed by atoms with E-state index in [9.17, 15) is 4.39 Å². The van der Waals surface area contributed by atoms with Gasteiger partial charge in [0.1, 0.15) is 16.9 Å². The molecule has 0 aliphatic rings. The van der Waals surface area contributed by atoms with Gasteiger partial charge in [0, 0.05) is 11.2 Å². The summed E-state index contributed by atoms with van der Waals surface area (Å²) in [4.78, 5) is 3.95. The molecule has 18 heavy (non-hydrogen) atoms. The van der Waals surface area contributed by atoms with Gasteiger partial charge in [-0.05, 0) is 24.3 Å². The second kappa shape index (κ2) is 5.21. The molecule has 1 N–H and O–H groups in total. The van der Waals surface area contributed by atoms with Gasteiger partial charge in [-0.2, -0.15) is 5.26 Å². The van der Waals surface area contributed by atoms with Crippen molar-refractivity contribution < 1.29 is 4.39 Å². The molecular formula is C12H6Cl2FN3. The van der Waals surface area contributed by atoms with Crippen LogP contribution in [-0.4, -0.2) is 4.98 Å². The summed E-state index contributed by atoms with van der Waals surface area (Å²) in [5, 5.41) is 12.0. The topological polar surface area (TPSA) is 48.7 Å². The van der Waals surface area contributed by atoms with Crippen LogP contribution in [0, 0.1) is 17.1 Å². The zero-order chi connectivity index (χ0) is 13.1. The van der Waals surface area contributed by atoms with E-state index in [1.54, 1.807) is 0 Å². The lowest BCUT2D eigenvalue weighted by Gasteiger charge is -2.09. The fourth-order valence-electron chi connectivity index (χ4n) is 1.34. The molecule has 0 unspecified atom stereocenters. The number of aromatic nitrogens is 1. The van der Waals surface area contributed by atoms with Crippen LogP contribution >= 0.6 is 23.2 Å². The number of pyridine rings is 1. The summed E-state index contributed by atoms with van der Waals surface area (Å²) in [6.45, 7) is 0. The Labute approximate surface area is 113 Å². The van der Waals surface area contributed by atoms with Crippen LogP contribution in [0.1, 0.15) is 5.56 Å². The highest BCUT2D eigenvalue weighted by Crippen LogP contribution is 2.28. The Balaban J connectivity index is 2.38. The lowest BCUT2D eigenvalue weighted by Crippen LogP contribution is -1.98. The summed E-state index contributed by atoms with van der Waals surface area (Å²) >= 11 is 11.6. The van der Waals surface area contributed by atoms with Gasteiger partial charge in [-0.1, -0.05) is 23.2 Å². The molecule has 0 saturated carbocycles.